The van der Waals surface area contributed by atoms with Crippen molar-refractivity contribution in [2.75, 3.05) is 0 Å². The van der Waals surface area contributed by atoms with Gasteiger partial charge in [0, 0.05) is 0 Å². The van der Waals surface area contributed by atoms with Gasteiger partial charge < -0.3 is 0 Å². The van der Waals surface area contributed by atoms with Crippen LogP contribution in [0.15, 0.2) is 10.2 Å². The summed E-state index contributed by atoms with van der Waals surface area (Å²) in [6.45, 7) is 0. The summed E-state index contributed by atoms with van der Waals surface area (Å²) < 4.78 is 444. The number of hydrogen-bond acceptors (Lipinski definition) is 2. The van der Waals surface area contributed by atoms with E-state index in [1.165, 1.54) is 0 Å². The summed E-state index contributed by atoms with van der Waals surface area (Å²) >= 11 is 0. The number of halogens is 34. The van der Waals surface area contributed by atoms with E-state index in [0.717, 1.165) is 0 Å². The lowest BCUT2D eigenvalue weighted by atomic mass is 9.90. The van der Waals surface area contributed by atoms with E-state index in [1.54, 1.807) is 0 Å². The van der Waals surface area contributed by atoms with Crippen LogP contribution in [-0.4, -0.2) is 95.5 Å². The van der Waals surface area contributed by atoms with E-state index in [-0.39, 0.29) is 0 Å². The summed E-state index contributed by atoms with van der Waals surface area (Å²) in [6, 6.07) is -17.4. The Morgan fingerprint density at radius 2 is 0.269 bits per heavy atom. The van der Waals surface area contributed by atoms with Crippen LogP contribution in [0.2, 0.25) is 0 Å². The molecule has 0 amide bonds. The Kier molecular flexibility index (Phi) is 11.2. The fraction of sp³-hybridized carbons (Fsp3) is 1.00. The van der Waals surface area contributed by atoms with Gasteiger partial charge in [-0.2, -0.15) is 149 Å². The van der Waals surface area contributed by atoms with Crippen LogP contribution in [0, 0.1) is 0 Å². The molecule has 0 unspecified atom stereocenters. The van der Waals surface area contributed by atoms with Gasteiger partial charge in [0.2, 0.25) is 0 Å². The standard InChI is InChI=1S/C16F34N2/c17-1(18,5(25,26)9(33,34)13(41,42)43)3(21,22)7(29,30)11(37,38)15(47,48)51-52-16(49,50)12(39,40)8(31,32)4(23,24)2(19,20)6(27,28)10(35,36)14(44,45)46/b52-51-. The Morgan fingerprint density at radius 3 is 0.404 bits per heavy atom. The van der Waals surface area contributed by atoms with Gasteiger partial charge in [-0.3, -0.25) is 0 Å². The van der Waals surface area contributed by atoms with Gasteiger partial charge in [0.1, 0.15) is 0 Å². The summed E-state index contributed by atoms with van der Waals surface area (Å²) in [5.74, 6) is -111. The van der Waals surface area contributed by atoms with Crippen LogP contribution in [-0.2, 0) is 0 Å². The van der Waals surface area contributed by atoms with Crippen LogP contribution in [0.4, 0.5) is 149 Å². The lowest BCUT2D eigenvalue weighted by Crippen LogP contribution is -2.74. The molecule has 312 valence electrons. The fourth-order valence-electron chi connectivity index (χ4n) is 2.56. The molecule has 0 aliphatic carbocycles. The van der Waals surface area contributed by atoms with Crippen molar-refractivity contribution in [1.29, 1.82) is 0 Å². The van der Waals surface area contributed by atoms with Gasteiger partial charge >= 0.3 is 95.5 Å². The van der Waals surface area contributed by atoms with Crippen molar-refractivity contribution >= 4 is 0 Å². The van der Waals surface area contributed by atoms with Crippen molar-refractivity contribution in [2.45, 2.75) is 95.5 Å². The summed E-state index contributed by atoms with van der Waals surface area (Å²) in [5, 5.41) is -1.18. The van der Waals surface area contributed by atoms with Gasteiger partial charge in [-0.15, -0.1) is 10.2 Å². The molecule has 0 rings (SSSR count). The van der Waals surface area contributed by atoms with Gasteiger partial charge in [0.25, 0.3) is 0 Å². The highest BCUT2D eigenvalue weighted by Crippen LogP contribution is 2.66. The first kappa shape index (κ1) is 49.2. The summed E-state index contributed by atoms with van der Waals surface area (Å²) in [5.41, 5.74) is 0. The van der Waals surface area contributed by atoms with Crippen LogP contribution in [0.25, 0.3) is 0 Å². The minimum Gasteiger partial charge on any atom is -0.192 e. The maximum Gasteiger partial charge on any atom is 0.460 e. The lowest BCUT2D eigenvalue weighted by molar-refractivity contribution is -0.463. The number of rotatable bonds is 14. The Balaban J connectivity index is 7.32. The first-order chi connectivity index (χ1) is 21.7. The fourth-order valence-corrected chi connectivity index (χ4v) is 2.56. The smallest absolute Gasteiger partial charge is 0.192 e. The zero-order chi connectivity index (χ0) is 43.4. The summed E-state index contributed by atoms with van der Waals surface area (Å²) in [6.07, 6.45) is -16.5. The average molecular weight is 866 g/mol. The first-order valence-corrected chi connectivity index (χ1v) is 10.6. The molecule has 0 atom stereocenters. The third kappa shape index (κ3) is 5.95. The molecular formula is C16F34N2. The molecule has 0 aliphatic rings. The van der Waals surface area contributed by atoms with Crippen molar-refractivity contribution in [2.24, 2.45) is 10.2 Å². The third-order valence-electron chi connectivity index (χ3n) is 5.71. The van der Waals surface area contributed by atoms with E-state index in [9.17, 15) is 149 Å². The van der Waals surface area contributed by atoms with E-state index in [4.69, 9.17) is 0 Å². The lowest BCUT2D eigenvalue weighted by Gasteiger charge is -2.42. The molecule has 0 radical (unpaired) electrons. The van der Waals surface area contributed by atoms with Crippen molar-refractivity contribution in [1.82, 2.24) is 0 Å². The first-order valence-electron chi connectivity index (χ1n) is 10.6. The van der Waals surface area contributed by atoms with E-state index >= 15 is 0 Å². The van der Waals surface area contributed by atoms with Gasteiger partial charge in [-0.25, -0.2) is 0 Å². The van der Waals surface area contributed by atoms with Crippen LogP contribution in [0.5, 0.6) is 0 Å². The Morgan fingerprint density at radius 1 is 0.154 bits per heavy atom. The Hall–Kier alpha value is -2.78. The number of hydrogen-bond donors (Lipinski definition) is 0. The van der Waals surface area contributed by atoms with Gasteiger partial charge in [0.05, 0.1) is 0 Å². The van der Waals surface area contributed by atoms with Crippen LogP contribution >= 0.6 is 0 Å². The predicted molar refractivity (Wildman–Crippen MR) is 86.2 cm³/mol. The van der Waals surface area contributed by atoms with Crippen LogP contribution in [0.3, 0.4) is 0 Å². The molecule has 0 heterocycles. The zero-order valence-electron chi connectivity index (χ0n) is 21.7. The molecule has 52 heavy (non-hydrogen) atoms. The molecule has 0 aliphatic heterocycles. The molecule has 2 nitrogen and oxygen atoms in total. The largest absolute Gasteiger partial charge is 0.460 e. The second-order valence-corrected chi connectivity index (χ2v) is 9.17. The van der Waals surface area contributed by atoms with Crippen molar-refractivity contribution in [3.8, 4) is 0 Å². The molecule has 0 bridgehead atoms. The monoisotopic (exact) mass is 866 g/mol. The van der Waals surface area contributed by atoms with Gasteiger partial charge in [0.15, 0.2) is 0 Å². The second-order valence-electron chi connectivity index (χ2n) is 9.17. The quantitative estimate of drug-likeness (QED) is 0.0944. The molecule has 0 aromatic carbocycles. The topological polar surface area (TPSA) is 24.7 Å². The number of nitrogens with zero attached hydrogens (tertiary/aromatic N) is 2. The van der Waals surface area contributed by atoms with Crippen molar-refractivity contribution in [3.05, 3.63) is 0 Å². The summed E-state index contributed by atoms with van der Waals surface area (Å²) in [7, 11) is 0. The second kappa shape index (κ2) is 11.9. The van der Waals surface area contributed by atoms with E-state index < -0.39 is 106 Å². The Bertz CT molecular complexity index is 1220. The predicted octanol–water partition coefficient (Wildman–Crippen LogP) is 11.4. The number of azo groups is 1. The summed E-state index contributed by atoms with van der Waals surface area (Å²) in [4.78, 5) is 0. The van der Waals surface area contributed by atoms with Crippen LogP contribution in [0.1, 0.15) is 0 Å². The Labute approximate surface area is 256 Å². The molecule has 0 fully saturated rings. The van der Waals surface area contributed by atoms with E-state index in [2.05, 4.69) is 0 Å². The molecule has 0 saturated carbocycles. The van der Waals surface area contributed by atoms with Crippen molar-refractivity contribution in [3.63, 3.8) is 0 Å². The minimum atomic E-state index is -9.53. The maximum atomic E-state index is 13.5. The molecular weight excluding hydrogens is 866 g/mol. The highest BCUT2D eigenvalue weighted by molar-refractivity contribution is 5.16. The molecule has 0 N–H and O–H groups in total. The molecule has 0 aromatic rings. The number of alkyl halides is 34. The molecule has 0 spiro atoms. The molecule has 0 aromatic heterocycles. The third-order valence-corrected chi connectivity index (χ3v) is 5.71. The molecule has 36 heteroatoms. The maximum absolute atomic E-state index is 13.5. The van der Waals surface area contributed by atoms with Gasteiger partial charge in [-0.1, -0.05) is 0 Å². The van der Waals surface area contributed by atoms with Gasteiger partial charge in [-0.05, 0) is 0 Å². The van der Waals surface area contributed by atoms with E-state index in [1.807, 2.05) is 0 Å². The van der Waals surface area contributed by atoms with E-state index in [0.29, 0.717) is 0 Å². The average Bonchev–Trinajstić information content (AvgIpc) is 2.89. The minimum absolute atomic E-state index is 0.589. The normalized spacial score (nSPS) is 17.3. The van der Waals surface area contributed by atoms with Crippen molar-refractivity contribution < 1.29 is 149 Å². The zero-order valence-corrected chi connectivity index (χ0v) is 21.7. The SMILES string of the molecule is FC(F)(F)C(F)(F)C(F)(F)C(F)(F)C(F)(F)C(F)(F)C(F)(F)C(F)(F)/N=N\C(F)(F)C(F)(F)C(F)(F)C(F)(F)C(F)(F)C(F)(F)C(F)(F)C(F)(F)F. The highest BCUT2D eigenvalue weighted by atomic mass is 19.4. The van der Waals surface area contributed by atoms with Crippen LogP contribution < -0.4 is 0 Å². The molecule has 0 saturated heterocycles. The highest BCUT2D eigenvalue weighted by Gasteiger charge is 2.97.